The highest BCUT2D eigenvalue weighted by Crippen LogP contribution is 2.45. The third kappa shape index (κ3) is 3.62. The van der Waals surface area contributed by atoms with Gasteiger partial charge in [-0.1, -0.05) is 90.5 Å². The standard InChI is InChI=1S/C29H24O2/c1-20-12-13-23-15-17-27(31-19-21-8-4-3-5-9-21)29(25(23)18-20)28-24-11-7-6-10-22(24)14-16-26(28)30-2/h3-18H,19H2,1-2H3. The van der Waals surface area contributed by atoms with Gasteiger partial charge in [0.1, 0.15) is 18.1 Å². The zero-order chi connectivity index (χ0) is 21.2. The van der Waals surface area contributed by atoms with Gasteiger partial charge < -0.3 is 9.47 Å². The first-order valence-corrected chi connectivity index (χ1v) is 10.5. The summed E-state index contributed by atoms with van der Waals surface area (Å²) in [6.45, 7) is 2.64. The lowest BCUT2D eigenvalue weighted by Crippen LogP contribution is -1.99. The molecule has 5 aromatic rings. The van der Waals surface area contributed by atoms with Crippen molar-refractivity contribution in [1.29, 1.82) is 0 Å². The van der Waals surface area contributed by atoms with Gasteiger partial charge in [0.2, 0.25) is 0 Å². The quantitative estimate of drug-likeness (QED) is 0.301. The van der Waals surface area contributed by atoms with Crippen LogP contribution in [0.2, 0.25) is 0 Å². The third-order valence-electron chi connectivity index (χ3n) is 5.74. The second-order valence-electron chi connectivity index (χ2n) is 7.80. The van der Waals surface area contributed by atoms with Gasteiger partial charge in [-0.25, -0.2) is 0 Å². The summed E-state index contributed by atoms with van der Waals surface area (Å²) in [5.41, 5.74) is 4.50. The Balaban J connectivity index is 1.79. The van der Waals surface area contributed by atoms with Gasteiger partial charge in [-0.15, -0.1) is 0 Å². The van der Waals surface area contributed by atoms with Gasteiger partial charge in [-0.05, 0) is 46.2 Å². The van der Waals surface area contributed by atoms with Crippen molar-refractivity contribution in [2.24, 2.45) is 0 Å². The first kappa shape index (κ1) is 19.2. The maximum atomic E-state index is 6.42. The van der Waals surface area contributed by atoms with Crippen LogP contribution in [0, 0.1) is 6.92 Å². The van der Waals surface area contributed by atoms with Gasteiger partial charge >= 0.3 is 0 Å². The van der Waals surface area contributed by atoms with E-state index in [0.29, 0.717) is 6.61 Å². The minimum Gasteiger partial charge on any atom is -0.496 e. The lowest BCUT2D eigenvalue weighted by atomic mass is 9.91. The Morgan fingerprint density at radius 2 is 1.26 bits per heavy atom. The summed E-state index contributed by atoms with van der Waals surface area (Å²) >= 11 is 0. The van der Waals surface area contributed by atoms with Crippen molar-refractivity contribution in [2.75, 3.05) is 7.11 Å². The van der Waals surface area contributed by atoms with Crippen LogP contribution in [0.15, 0.2) is 97.1 Å². The van der Waals surface area contributed by atoms with Crippen LogP contribution in [0.1, 0.15) is 11.1 Å². The van der Waals surface area contributed by atoms with E-state index in [9.17, 15) is 0 Å². The molecule has 5 aromatic carbocycles. The van der Waals surface area contributed by atoms with Crippen molar-refractivity contribution in [3.63, 3.8) is 0 Å². The molecule has 0 aliphatic rings. The van der Waals surface area contributed by atoms with E-state index in [-0.39, 0.29) is 0 Å². The van der Waals surface area contributed by atoms with E-state index >= 15 is 0 Å². The molecule has 5 rings (SSSR count). The van der Waals surface area contributed by atoms with Crippen molar-refractivity contribution < 1.29 is 9.47 Å². The Morgan fingerprint density at radius 1 is 0.613 bits per heavy atom. The van der Waals surface area contributed by atoms with Gasteiger partial charge in [-0.3, -0.25) is 0 Å². The van der Waals surface area contributed by atoms with E-state index < -0.39 is 0 Å². The molecule has 2 heteroatoms. The van der Waals surface area contributed by atoms with Crippen LogP contribution in [-0.4, -0.2) is 7.11 Å². The highest BCUT2D eigenvalue weighted by Gasteiger charge is 2.19. The fraction of sp³-hybridized carbons (Fsp3) is 0.103. The SMILES string of the molecule is COc1ccc2ccccc2c1-c1c(OCc2ccccc2)ccc2ccc(C)cc12. The largest absolute Gasteiger partial charge is 0.496 e. The molecular weight excluding hydrogens is 380 g/mol. The van der Waals surface area contributed by atoms with E-state index in [1.165, 1.54) is 21.7 Å². The van der Waals surface area contributed by atoms with Crippen LogP contribution in [-0.2, 0) is 6.61 Å². The highest BCUT2D eigenvalue weighted by atomic mass is 16.5. The molecule has 0 saturated carbocycles. The maximum absolute atomic E-state index is 6.42. The predicted molar refractivity (Wildman–Crippen MR) is 129 cm³/mol. The van der Waals surface area contributed by atoms with E-state index in [1.54, 1.807) is 7.11 Å². The molecule has 2 nitrogen and oxygen atoms in total. The zero-order valence-corrected chi connectivity index (χ0v) is 17.8. The lowest BCUT2D eigenvalue weighted by Gasteiger charge is -2.19. The van der Waals surface area contributed by atoms with Crippen LogP contribution >= 0.6 is 0 Å². The molecule has 0 aliphatic heterocycles. The Hall–Kier alpha value is -3.78. The van der Waals surface area contributed by atoms with E-state index in [1.807, 2.05) is 24.3 Å². The maximum Gasteiger partial charge on any atom is 0.128 e. The summed E-state index contributed by atoms with van der Waals surface area (Å²) in [6, 6.07) is 33.6. The molecule has 0 N–H and O–H groups in total. The second-order valence-corrected chi connectivity index (χ2v) is 7.80. The van der Waals surface area contributed by atoms with Crippen molar-refractivity contribution in [1.82, 2.24) is 0 Å². The number of methoxy groups -OCH3 is 1. The van der Waals surface area contributed by atoms with Crippen LogP contribution in [0.3, 0.4) is 0 Å². The third-order valence-corrected chi connectivity index (χ3v) is 5.74. The summed E-state index contributed by atoms with van der Waals surface area (Å²) in [6.07, 6.45) is 0. The molecule has 0 spiro atoms. The Kier molecular flexibility index (Phi) is 5.05. The van der Waals surface area contributed by atoms with Crippen molar-refractivity contribution in [2.45, 2.75) is 13.5 Å². The molecule has 152 valence electrons. The summed E-state index contributed by atoms with van der Waals surface area (Å²) in [4.78, 5) is 0. The molecule has 31 heavy (non-hydrogen) atoms. The van der Waals surface area contributed by atoms with Crippen LogP contribution < -0.4 is 9.47 Å². The minimum atomic E-state index is 0.512. The molecule has 0 saturated heterocycles. The fourth-order valence-electron chi connectivity index (χ4n) is 4.21. The van der Waals surface area contributed by atoms with E-state index in [4.69, 9.17) is 9.47 Å². The number of benzene rings is 5. The van der Waals surface area contributed by atoms with Gasteiger partial charge in [0, 0.05) is 11.1 Å². The Morgan fingerprint density at radius 3 is 2.06 bits per heavy atom. The highest BCUT2D eigenvalue weighted by molar-refractivity contribution is 6.09. The molecule has 0 bridgehead atoms. The van der Waals surface area contributed by atoms with Gasteiger partial charge in [-0.2, -0.15) is 0 Å². The van der Waals surface area contributed by atoms with Gasteiger partial charge in [0.05, 0.1) is 7.11 Å². The first-order chi connectivity index (χ1) is 15.2. The molecule has 0 aliphatic carbocycles. The van der Waals surface area contributed by atoms with Crippen LogP contribution in [0.25, 0.3) is 32.7 Å². The Bertz CT molecular complexity index is 1370. The summed E-state index contributed by atoms with van der Waals surface area (Å²) in [5, 5.41) is 4.68. The monoisotopic (exact) mass is 404 g/mol. The molecule has 0 radical (unpaired) electrons. The Labute approximate surface area is 182 Å². The molecule has 0 amide bonds. The van der Waals surface area contributed by atoms with Crippen LogP contribution in [0.4, 0.5) is 0 Å². The molecule has 0 heterocycles. The van der Waals surface area contributed by atoms with Gasteiger partial charge in [0.25, 0.3) is 0 Å². The topological polar surface area (TPSA) is 18.5 Å². The molecule has 0 unspecified atom stereocenters. The first-order valence-electron chi connectivity index (χ1n) is 10.5. The normalized spacial score (nSPS) is 11.0. The van der Waals surface area contributed by atoms with Crippen LogP contribution in [0.5, 0.6) is 11.5 Å². The number of fused-ring (bicyclic) bond motifs is 2. The zero-order valence-electron chi connectivity index (χ0n) is 17.8. The lowest BCUT2D eigenvalue weighted by molar-refractivity contribution is 0.308. The predicted octanol–water partition coefficient (Wildman–Crippen LogP) is 7.56. The number of ether oxygens (including phenoxy) is 2. The fourth-order valence-corrected chi connectivity index (χ4v) is 4.21. The van der Waals surface area contributed by atoms with E-state index in [2.05, 4.69) is 79.7 Å². The number of rotatable bonds is 5. The summed E-state index contributed by atoms with van der Waals surface area (Å²) < 4.78 is 12.3. The van der Waals surface area contributed by atoms with E-state index in [0.717, 1.165) is 33.6 Å². The molecular formula is C29H24O2. The smallest absolute Gasteiger partial charge is 0.128 e. The van der Waals surface area contributed by atoms with Gasteiger partial charge in [0.15, 0.2) is 0 Å². The molecule has 0 fully saturated rings. The van der Waals surface area contributed by atoms with Crippen molar-refractivity contribution in [3.8, 4) is 22.6 Å². The van der Waals surface area contributed by atoms with Crippen molar-refractivity contribution >= 4 is 21.5 Å². The molecule has 0 aromatic heterocycles. The minimum absolute atomic E-state index is 0.512. The number of aryl methyl sites for hydroxylation is 1. The number of hydrogen-bond acceptors (Lipinski definition) is 2. The average Bonchev–Trinajstić information content (AvgIpc) is 2.82. The molecule has 0 atom stereocenters. The number of hydrogen-bond donors (Lipinski definition) is 0. The average molecular weight is 405 g/mol. The summed E-state index contributed by atoms with van der Waals surface area (Å²) in [5.74, 6) is 1.70. The second kappa shape index (κ2) is 8.16. The summed E-state index contributed by atoms with van der Waals surface area (Å²) in [7, 11) is 1.73. The van der Waals surface area contributed by atoms with Crippen molar-refractivity contribution in [3.05, 3.63) is 108 Å².